The number of carbonyl (C=O) groups excluding carboxylic acids is 1. The van der Waals surface area contributed by atoms with Crippen LogP contribution in [0.5, 0.6) is 0 Å². The summed E-state index contributed by atoms with van der Waals surface area (Å²) in [6.07, 6.45) is 8.25. The quantitative estimate of drug-likeness (QED) is 0.479. The van der Waals surface area contributed by atoms with E-state index in [0.29, 0.717) is 24.9 Å². The van der Waals surface area contributed by atoms with E-state index in [0.717, 1.165) is 31.4 Å². The van der Waals surface area contributed by atoms with Crippen LogP contribution in [0.3, 0.4) is 0 Å². The zero-order valence-corrected chi connectivity index (χ0v) is 21.6. The number of anilines is 1. The molecule has 37 heavy (non-hydrogen) atoms. The molecule has 5 rings (SSSR count). The predicted octanol–water partition coefficient (Wildman–Crippen LogP) is 5.21. The van der Waals surface area contributed by atoms with Gasteiger partial charge in [-0.3, -0.25) is 4.79 Å². The summed E-state index contributed by atoms with van der Waals surface area (Å²) in [5.41, 5.74) is 3.82. The molecule has 1 aliphatic carbocycles. The van der Waals surface area contributed by atoms with E-state index in [9.17, 15) is 17.6 Å². The second kappa shape index (κ2) is 10.6. The molecule has 1 saturated heterocycles. The normalized spacial score (nSPS) is 18.6. The molecular weight excluding hydrogens is 493 g/mol. The van der Waals surface area contributed by atoms with E-state index in [1.54, 1.807) is 25.1 Å². The van der Waals surface area contributed by atoms with Crippen LogP contribution >= 0.6 is 0 Å². The molecule has 1 unspecified atom stereocenters. The van der Waals surface area contributed by atoms with Gasteiger partial charge in [-0.25, -0.2) is 12.8 Å². The standard InChI is InChI=1S/C28H30FN3O4S/c1-19-27(26(36-31-19)16-15-21-9-3-5-13-24(21)29)37(34,35)32-17-7-11-22(18-32)28(33)30-25-14-6-10-20-8-2-4-12-23(20)25/h3,5-6,9-10,13-16,22H,2,4,7-8,11-12,17-18H2,1H3,(H,30,33)/b16-15+. The highest BCUT2D eigenvalue weighted by atomic mass is 32.2. The van der Waals surface area contributed by atoms with Crippen molar-refractivity contribution < 1.29 is 22.1 Å². The largest absolute Gasteiger partial charge is 0.355 e. The summed E-state index contributed by atoms with van der Waals surface area (Å²) in [6.45, 7) is 1.93. The average molecular weight is 524 g/mol. The highest BCUT2D eigenvalue weighted by Crippen LogP contribution is 2.31. The number of aryl methyl sites for hydroxylation is 2. The van der Waals surface area contributed by atoms with Gasteiger partial charge in [0.1, 0.15) is 11.5 Å². The van der Waals surface area contributed by atoms with Gasteiger partial charge in [0.2, 0.25) is 15.9 Å². The number of hydrogen-bond donors (Lipinski definition) is 1. The van der Waals surface area contributed by atoms with E-state index >= 15 is 0 Å². The highest BCUT2D eigenvalue weighted by Gasteiger charge is 2.37. The van der Waals surface area contributed by atoms with Crippen molar-refractivity contribution in [3.63, 3.8) is 0 Å². The Labute approximate surface area is 216 Å². The number of amides is 1. The number of fused-ring (bicyclic) bond motifs is 1. The number of nitrogens with zero attached hydrogens (tertiary/aromatic N) is 2. The van der Waals surface area contributed by atoms with E-state index in [-0.39, 0.29) is 28.8 Å². The third-order valence-corrected chi connectivity index (χ3v) is 9.18. The summed E-state index contributed by atoms with van der Waals surface area (Å²) in [5, 5.41) is 6.93. The molecule has 1 atom stereocenters. The van der Waals surface area contributed by atoms with Gasteiger partial charge in [-0.1, -0.05) is 35.5 Å². The minimum absolute atomic E-state index is 0.0308. The van der Waals surface area contributed by atoms with Gasteiger partial charge in [-0.05, 0) is 80.9 Å². The summed E-state index contributed by atoms with van der Waals surface area (Å²) in [6, 6.07) is 12.2. The van der Waals surface area contributed by atoms with Crippen LogP contribution in [0.4, 0.5) is 10.1 Å². The van der Waals surface area contributed by atoms with Crippen molar-refractivity contribution in [2.24, 2.45) is 5.92 Å². The summed E-state index contributed by atoms with van der Waals surface area (Å²) in [5.74, 6) is -1.03. The third kappa shape index (κ3) is 5.24. The highest BCUT2D eigenvalue weighted by molar-refractivity contribution is 7.89. The van der Waals surface area contributed by atoms with Gasteiger partial charge in [0.05, 0.1) is 5.92 Å². The molecule has 0 saturated carbocycles. The monoisotopic (exact) mass is 523 g/mol. The molecule has 1 amide bonds. The van der Waals surface area contributed by atoms with Gasteiger partial charge in [0.15, 0.2) is 10.7 Å². The maximum Gasteiger partial charge on any atom is 0.248 e. The number of carbonyl (C=O) groups is 1. The minimum atomic E-state index is -4.00. The van der Waals surface area contributed by atoms with Gasteiger partial charge >= 0.3 is 0 Å². The fourth-order valence-electron chi connectivity index (χ4n) is 5.21. The van der Waals surface area contributed by atoms with E-state index in [4.69, 9.17) is 4.52 Å². The molecule has 7 nitrogen and oxygen atoms in total. The van der Waals surface area contributed by atoms with Crippen LogP contribution in [0.15, 0.2) is 51.9 Å². The van der Waals surface area contributed by atoms with Crippen LogP contribution in [-0.4, -0.2) is 36.9 Å². The van der Waals surface area contributed by atoms with Crippen molar-refractivity contribution in [3.8, 4) is 0 Å². The molecule has 194 valence electrons. The number of aromatic nitrogens is 1. The molecule has 1 aliphatic heterocycles. The fourth-order valence-corrected chi connectivity index (χ4v) is 6.99. The van der Waals surface area contributed by atoms with Crippen LogP contribution in [0.25, 0.3) is 12.2 Å². The molecule has 0 bridgehead atoms. The van der Waals surface area contributed by atoms with Gasteiger partial charge in [0.25, 0.3) is 0 Å². The zero-order chi connectivity index (χ0) is 26.0. The molecule has 2 aliphatic rings. The first kappa shape index (κ1) is 25.4. The number of nitrogens with one attached hydrogen (secondary N) is 1. The molecule has 2 aromatic carbocycles. The molecular formula is C28H30FN3O4S. The molecule has 1 N–H and O–H groups in total. The zero-order valence-electron chi connectivity index (χ0n) is 20.7. The van der Waals surface area contributed by atoms with Crippen molar-refractivity contribution in [2.75, 3.05) is 18.4 Å². The van der Waals surface area contributed by atoms with Gasteiger partial charge in [0, 0.05) is 24.3 Å². The Kier molecular flexibility index (Phi) is 7.26. The maximum absolute atomic E-state index is 14.0. The van der Waals surface area contributed by atoms with E-state index < -0.39 is 21.8 Å². The molecule has 9 heteroatoms. The van der Waals surface area contributed by atoms with Gasteiger partial charge in [-0.2, -0.15) is 4.31 Å². The fraction of sp³-hybridized carbons (Fsp3) is 0.357. The lowest BCUT2D eigenvalue weighted by Gasteiger charge is -2.31. The Hall–Kier alpha value is -3.30. The number of halogens is 1. The van der Waals surface area contributed by atoms with E-state index in [1.807, 2.05) is 12.1 Å². The van der Waals surface area contributed by atoms with Crippen molar-refractivity contribution in [1.29, 1.82) is 0 Å². The molecule has 2 heterocycles. The van der Waals surface area contributed by atoms with Gasteiger partial charge < -0.3 is 9.84 Å². The Morgan fingerprint density at radius 3 is 2.76 bits per heavy atom. The SMILES string of the molecule is Cc1noc(/C=C/c2ccccc2F)c1S(=O)(=O)N1CCCC(C(=O)Nc2cccc3c2CCCC3)C1. The van der Waals surface area contributed by atoms with Crippen LogP contribution < -0.4 is 5.32 Å². The van der Waals surface area contributed by atoms with Crippen LogP contribution in [0.2, 0.25) is 0 Å². The van der Waals surface area contributed by atoms with E-state index in [2.05, 4.69) is 16.5 Å². The van der Waals surface area contributed by atoms with Crippen molar-refractivity contribution in [2.45, 2.75) is 50.3 Å². The topological polar surface area (TPSA) is 92.5 Å². The molecule has 1 aromatic heterocycles. The number of benzene rings is 2. The summed E-state index contributed by atoms with van der Waals surface area (Å²) in [4.78, 5) is 13.2. The van der Waals surface area contributed by atoms with Gasteiger partial charge in [-0.15, -0.1) is 0 Å². The van der Waals surface area contributed by atoms with Crippen molar-refractivity contribution in [3.05, 3.63) is 76.4 Å². The molecule has 3 aromatic rings. The first-order chi connectivity index (χ1) is 17.8. The maximum atomic E-state index is 14.0. The van der Waals surface area contributed by atoms with Crippen molar-refractivity contribution >= 4 is 33.8 Å². The number of hydrogen-bond acceptors (Lipinski definition) is 5. The number of piperidine rings is 1. The Bertz CT molecular complexity index is 1450. The Morgan fingerprint density at radius 2 is 1.92 bits per heavy atom. The first-order valence-electron chi connectivity index (χ1n) is 12.7. The van der Waals surface area contributed by atoms with Crippen molar-refractivity contribution in [1.82, 2.24) is 9.46 Å². The lowest BCUT2D eigenvalue weighted by Crippen LogP contribution is -2.44. The molecule has 0 radical (unpaired) electrons. The Morgan fingerprint density at radius 1 is 1.11 bits per heavy atom. The number of rotatable bonds is 6. The van der Waals surface area contributed by atoms with Crippen LogP contribution in [0.1, 0.15) is 53.8 Å². The molecule has 0 spiro atoms. The first-order valence-corrected chi connectivity index (χ1v) is 14.1. The Balaban J connectivity index is 1.35. The third-order valence-electron chi connectivity index (χ3n) is 7.16. The summed E-state index contributed by atoms with van der Waals surface area (Å²) in [7, 11) is -4.00. The lowest BCUT2D eigenvalue weighted by molar-refractivity contribution is -0.120. The minimum Gasteiger partial charge on any atom is -0.355 e. The second-order valence-corrected chi connectivity index (χ2v) is 11.5. The summed E-state index contributed by atoms with van der Waals surface area (Å²) >= 11 is 0. The predicted molar refractivity (Wildman–Crippen MR) is 140 cm³/mol. The second-order valence-electron chi connectivity index (χ2n) is 9.66. The number of sulfonamides is 1. The summed E-state index contributed by atoms with van der Waals surface area (Å²) < 4.78 is 48.0. The smallest absolute Gasteiger partial charge is 0.248 e. The van der Waals surface area contributed by atoms with Crippen LogP contribution in [0, 0.1) is 18.7 Å². The van der Waals surface area contributed by atoms with E-state index in [1.165, 1.54) is 33.7 Å². The average Bonchev–Trinajstić information content (AvgIpc) is 3.29. The lowest BCUT2D eigenvalue weighted by atomic mass is 9.90. The molecule has 1 fully saturated rings. The van der Waals surface area contributed by atoms with Crippen LogP contribution in [-0.2, 0) is 27.7 Å².